The molecule has 0 saturated heterocycles. The Morgan fingerprint density at radius 3 is 1.71 bits per heavy atom. The van der Waals surface area contributed by atoms with Crippen LogP contribution in [0.25, 0.3) is 18.2 Å². The first-order valence-corrected chi connectivity index (χ1v) is 15.5. The molecule has 0 fully saturated rings. The number of hydrogen-bond donors (Lipinski definition) is 4. The van der Waals surface area contributed by atoms with Crippen LogP contribution in [0.3, 0.4) is 0 Å². The molecule has 2 unspecified atom stereocenters. The summed E-state index contributed by atoms with van der Waals surface area (Å²) < 4.78 is 33.3. The number of phenols is 3. The second-order valence-electron chi connectivity index (χ2n) is 10.8. The standard InChI is InChI=1S/C39H38O12/c1-46-32-23-28(12-17-31(32)42)38(45)35(24-50-37(44)19-11-26-8-15-30(41)16-9-26)51-39-33(47-2)21-27(22-34(39)48-3)5-4-20-49-36(43)18-10-25-6-13-29(40)14-7-25/h4-19,21-23,35,38,40-42,45H,20,24H2,1-3H3. The number of aromatic hydroxyl groups is 3. The van der Waals surface area contributed by atoms with Crippen LogP contribution in [0.15, 0.2) is 97.1 Å². The Balaban J connectivity index is 1.51. The summed E-state index contributed by atoms with van der Waals surface area (Å²) in [5.74, 6) is -0.535. The summed E-state index contributed by atoms with van der Waals surface area (Å²) in [5, 5.41) is 40.4. The third-order valence-corrected chi connectivity index (χ3v) is 7.28. The fraction of sp³-hybridized carbons (Fsp3) is 0.179. The summed E-state index contributed by atoms with van der Waals surface area (Å²) in [7, 11) is 4.21. The van der Waals surface area contributed by atoms with Gasteiger partial charge in [-0.15, -0.1) is 0 Å². The monoisotopic (exact) mass is 698 g/mol. The van der Waals surface area contributed by atoms with E-state index in [4.69, 9.17) is 28.4 Å². The predicted octanol–water partition coefficient (Wildman–Crippen LogP) is 5.84. The van der Waals surface area contributed by atoms with Crippen molar-refractivity contribution in [2.24, 2.45) is 0 Å². The molecule has 0 heterocycles. The molecule has 2 atom stereocenters. The zero-order valence-electron chi connectivity index (χ0n) is 28.1. The Labute approximate surface area is 294 Å². The first kappa shape index (κ1) is 37.4. The van der Waals surface area contributed by atoms with Gasteiger partial charge in [0.2, 0.25) is 5.75 Å². The Hall–Kier alpha value is -6.40. The van der Waals surface area contributed by atoms with Crippen molar-refractivity contribution in [2.75, 3.05) is 34.5 Å². The summed E-state index contributed by atoms with van der Waals surface area (Å²) in [5.41, 5.74) is 2.28. The summed E-state index contributed by atoms with van der Waals surface area (Å²) in [6, 6.07) is 20.1. The van der Waals surface area contributed by atoms with Gasteiger partial charge >= 0.3 is 11.9 Å². The summed E-state index contributed by atoms with van der Waals surface area (Å²) in [6.45, 7) is -0.442. The number of hydrogen-bond acceptors (Lipinski definition) is 12. The Bertz CT molecular complexity index is 1840. The van der Waals surface area contributed by atoms with E-state index in [1.165, 1.54) is 82.0 Å². The molecule has 0 aliphatic rings. The van der Waals surface area contributed by atoms with Crippen molar-refractivity contribution in [1.82, 2.24) is 0 Å². The second kappa shape index (κ2) is 18.4. The van der Waals surface area contributed by atoms with Crippen LogP contribution in [0.4, 0.5) is 0 Å². The van der Waals surface area contributed by atoms with Gasteiger partial charge in [-0.1, -0.05) is 36.4 Å². The fourth-order valence-corrected chi connectivity index (χ4v) is 4.62. The van der Waals surface area contributed by atoms with E-state index in [1.54, 1.807) is 54.6 Å². The summed E-state index contributed by atoms with van der Waals surface area (Å²) >= 11 is 0. The molecule has 0 saturated carbocycles. The van der Waals surface area contributed by atoms with Gasteiger partial charge in [0.25, 0.3) is 0 Å². The van der Waals surface area contributed by atoms with Crippen LogP contribution < -0.4 is 18.9 Å². The minimum atomic E-state index is -1.39. The van der Waals surface area contributed by atoms with E-state index in [0.717, 1.165) is 5.56 Å². The third-order valence-electron chi connectivity index (χ3n) is 7.28. The molecule has 4 aromatic rings. The van der Waals surface area contributed by atoms with Crippen LogP contribution in [0.5, 0.6) is 40.2 Å². The molecule has 4 N–H and O–H groups in total. The summed E-state index contributed by atoms with van der Waals surface area (Å²) in [6.07, 6.45) is 6.26. The van der Waals surface area contributed by atoms with E-state index in [9.17, 15) is 30.0 Å². The lowest BCUT2D eigenvalue weighted by Crippen LogP contribution is -2.31. The third kappa shape index (κ3) is 11.1. The zero-order valence-corrected chi connectivity index (χ0v) is 28.1. The minimum Gasteiger partial charge on any atom is -0.508 e. The molecule has 0 spiro atoms. The highest BCUT2D eigenvalue weighted by molar-refractivity contribution is 5.87. The fourth-order valence-electron chi connectivity index (χ4n) is 4.62. The van der Waals surface area contributed by atoms with Crippen LogP contribution in [-0.2, 0) is 19.1 Å². The van der Waals surface area contributed by atoms with Crippen molar-refractivity contribution in [1.29, 1.82) is 0 Å². The van der Waals surface area contributed by atoms with E-state index in [-0.39, 0.29) is 46.9 Å². The molecule has 0 bridgehead atoms. The van der Waals surface area contributed by atoms with Crippen molar-refractivity contribution in [3.8, 4) is 40.2 Å². The number of aliphatic hydroxyl groups is 1. The van der Waals surface area contributed by atoms with Crippen molar-refractivity contribution in [3.05, 3.63) is 119 Å². The lowest BCUT2D eigenvalue weighted by molar-refractivity contribution is -0.142. The van der Waals surface area contributed by atoms with Gasteiger partial charge in [-0.3, -0.25) is 0 Å². The highest BCUT2D eigenvalue weighted by atomic mass is 16.6. The number of benzene rings is 4. The lowest BCUT2D eigenvalue weighted by Gasteiger charge is -2.26. The average molecular weight is 699 g/mol. The quantitative estimate of drug-likeness (QED) is 0.0816. The topological polar surface area (TPSA) is 170 Å². The molecule has 266 valence electrons. The van der Waals surface area contributed by atoms with Gasteiger partial charge in [0, 0.05) is 12.2 Å². The SMILES string of the molecule is COc1cc(C(O)C(COC(=O)C=Cc2ccc(O)cc2)Oc2c(OC)cc(C=CCOC(=O)C=Cc3ccc(O)cc3)cc2OC)ccc1O. The Morgan fingerprint density at radius 2 is 1.18 bits per heavy atom. The van der Waals surface area contributed by atoms with Crippen molar-refractivity contribution in [3.63, 3.8) is 0 Å². The molecule has 12 heteroatoms. The number of aliphatic hydroxyl groups excluding tert-OH is 1. The molecule has 0 aliphatic heterocycles. The van der Waals surface area contributed by atoms with Crippen LogP contribution in [0.2, 0.25) is 0 Å². The highest BCUT2D eigenvalue weighted by Crippen LogP contribution is 2.41. The molecule has 12 nitrogen and oxygen atoms in total. The van der Waals surface area contributed by atoms with Gasteiger partial charge in [0.15, 0.2) is 29.1 Å². The molecule has 0 amide bonds. The average Bonchev–Trinajstić information content (AvgIpc) is 3.14. The first-order chi connectivity index (χ1) is 24.6. The first-order valence-electron chi connectivity index (χ1n) is 15.5. The molecular weight excluding hydrogens is 660 g/mol. The smallest absolute Gasteiger partial charge is 0.331 e. The van der Waals surface area contributed by atoms with Crippen molar-refractivity contribution in [2.45, 2.75) is 12.2 Å². The maximum absolute atomic E-state index is 12.7. The summed E-state index contributed by atoms with van der Waals surface area (Å²) in [4.78, 5) is 24.8. The molecule has 4 aromatic carbocycles. The molecule has 51 heavy (non-hydrogen) atoms. The molecule has 0 radical (unpaired) electrons. The maximum Gasteiger partial charge on any atom is 0.331 e. The number of rotatable bonds is 16. The van der Waals surface area contributed by atoms with Crippen LogP contribution >= 0.6 is 0 Å². The number of carbonyl (C=O) groups is 2. The Kier molecular flexibility index (Phi) is 13.5. The number of esters is 2. The largest absolute Gasteiger partial charge is 0.508 e. The lowest BCUT2D eigenvalue weighted by atomic mass is 10.0. The van der Waals surface area contributed by atoms with Crippen LogP contribution in [0, 0.1) is 0 Å². The van der Waals surface area contributed by atoms with E-state index < -0.39 is 30.8 Å². The maximum atomic E-state index is 12.7. The van der Waals surface area contributed by atoms with Gasteiger partial charge < -0.3 is 48.8 Å². The van der Waals surface area contributed by atoms with Crippen molar-refractivity contribution < 1.29 is 58.4 Å². The number of carbonyl (C=O) groups excluding carboxylic acids is 2. The minimum absolute atomic E-state index is 0.0292. The molecule has 0 aromatic heterocycles. The Morgan fingerprint density at radius 1 is 0.647 bits per heavy atom. The van der Waals surface area contributed by atoms with Gasteiger partial charge in [0.1, 0.15) is 30.8 Å². The van der Waals surface area contributed by atoms with Gasteiger partial charge in [-0.05, 0) is 89.0 Å². The van der Waals surface area contributed by atoms with E-state index in [1.807, 2.05) is 0 Å². The van der Waals surface area contributed by atoms with Gasteiger partial charge in [-0.25, -0.2) is 9.59 Å². The van der Waals surface area contributed by atoms with E-state index in [2.05, 4.69) is 0 Å². The van der Waals surface area contributed by atoms with Crippen LogP contribution in [0.1, 0.15) is 28.4 Å². The number of methoxy groups -OCH3 is 3. The van der Waals surface area contributed by atoms with Gasteiger partial charge in [0.05, 0.1) is 21.3 Å². The molecule has 4 rings (SSSR count). The highest BCUT2D eigenvalue weighted by Gasteiger charge is 2.28. The predicted molar refractivity (Wildman–Crippen MR) is 189 cm³/mol. The second-order valence-corrected chi connectivity index (χ2v) is 10.8. The molecular formula is C39H38O12. The van der Waals surface area contributed by atoms with Crippen molar-refractivity contribution >= 4 is 30.2 Å². The normalized spacial score (nSPS) is 12.5. The van der Waals surface area contributed by atoms with E-state index >= 15 is 0 Å². The van der Waals surface area contributed by atoms with Gasteiger partial charge in [-0.2, -0.15) is 0 Å². The molecule has 0 aliphatic carbocycles. The van der Waals surface area contributed by atoms with E-state index in [0.29, 0.717) is 16.7 Å². The zero-order chi connectivity index (χ0) is 36.8. The van der Waals surface area contributed by atoms with Crippen LogP contribution in [-0.4, -0.2) is 73.0 Å². The number of phenolic OH excluding ortho intramolecular Hbond substituents is 3. The number of ether oxygens (including phenoxy) is 6.